The minimum absolute atomic E-state index is 0.110. The van der Waals surface area contributed by atoms with Crippen LogP contribution in [-0.2, 0) is 6.54 Å². The molecule has 0 aliphatic carbocycles. The number of benzene rings is 1. The van der Waals surface area contributed by atoms with Gasteiger partial charge < -0.3 is 15.5 Å². The average molecular weight is 408 g/mol. The summed E-state index contributed by atoms with van der Waals surface area (Å²) in [6.07, 6.45) is 6.13. The van der Waals surface area contributed by atoms with E-state index in [1.54, 1.807) is 0 Å². The van der Waals surface area contributed by atoms with Gasteiger partial charge in [-0.3, -0.25) is 4.90 Å². The number of guanidine groups is 1. The Labute approximate surface area is 173 Å². The molecule has 2 fully saturated rings. The molecule has 5 nitrogen and oxygen atoms in total. The second-order valence-corrected chi connectivity index (χ2v) is 8.36. The molecule has 0 bridgehead atoms. The SMILES string of the molecule is CCNC(=NCc1cc(F)ccc1F)NCC1(N2CCCCC2)CCN(C)CC1. The first-order valence-corrected chi connectivity index (χ1v) is 10.9. The van der Waals surface area contributed by atoms with Crippen molar-refractivity contribution in [3.05, 3.63) is 35.4 Å². The van der Waals surface area contributed by atoms with E-state index >= 15 is 0 Å². The molecule has 2 heterocycles. The molecule has 7 heteroatoms. The molecule has 2 saturated heterocycles. The Bertz CT molecular complexity index is 680. The lowest BCUT2D eigenvalue weighted by molar-refractivity contribution is 0.0173. The van der Waals surface area contributed by atoms with Gasteiger partial charge in [-0.2, -0.15) is 0 Å². The van der Waals surface area contributed by atoms with Gasteiger partial charge in [-0.15, -0.1) is 0 Å². The zero-order valence-corrected chi connectivity index (χ0v) is 17.8. The minimum Gasteiger partial charge on any atom is -0.357 e. The fourth-order valence-electron chi connectivity index (χ4n) is 4.43. The maximum Gasteiger partial charge on any atom is 0.191 e. The van der Waals surface area contributed by atoms with E-state index in [4.69, 9.17) is 0 Å². The third-order valence-corrected chi connectivity index (χ3v) is 6.29. The van der Waals surface area contributed by atoms with Gasteiger partial charge in [0.25, 0.3) is 0 Å². The van der Waals surface area contributed by atoms with Crippen molar-refractivity contribution in [1.82, 2.24) is 20.4 Å². The first-order chi connectivity index (χ1) is 14.0. The molecule has 2 aliphatic rings. The predicted molar refractivity (Wildman–Crippen MR) is 114 cm³/mol. The van der Waals surface area contributed by atoms with Crippen LogP contribution in [0.1, 0.15) is 44.6 Å². The highest BCUT2D eigenvalue weighted by Gasteiger charge is 2.39. The summed E-state index contributed by atoms with van der Waals surface area (Å²) in [5, 5.41) is 6.76. The Balaban J connectivity index is 1.69. The normalized spacial score (nSPS) is 21.2. The molecular formula is C22H35F2N5. The number of rotatable bonds is 6. The largest absolute Gasteiger partial charge is 0.357 e. The number of piperidine rings is 2. The van der Waals surface area contributed by atoms with Crippen LogP contribution in [0, 0.1) is 11.6 Å². The lowest BCUT2D eigenvalue weighted by atomic mass is 9.84. The van der Waals surface area contributed by atoms with E-state index in [9.17, 15) is 8.78 Å². The summed E-state index contributed by atoms with van der Waals surface area (Å²) in [7, 11) is 2.19. The van der Waals surface area contributed by atoms with Gasteiger partial charge in [0.05, 0.1) is 6.54 Å². The van der Waals surface area contributed by atoms with E-state index in [2.05, 4.69) is 32.5 Å². The molecule has 0 atom stereocenters. The van der Waals surface area contributed by atoms with Gasteiger partial charge in [0.1, 0.15) is 11.6 Å². The standard InChI is InChI=1S/C22H35F2N5/c1-3-25-21(26-16-18-15-19(23)7-8-20(18)24)27-17-22(9-13-28(2)14-10-22)29-11-5-4-6-12-29/h7-8,15H,3-6,9-14,16-17H2,1-2H3,(H2,25,26,27). The Morgan fingerprint density at radius 1 is 1.07 bits per heavy atom. The van der Waals surface area contributed by atoms with Crippen molar-refractivity contribution in [1.29, 1.82) is 0 Å². The summed E-state index contributed by atoms with van der Waals surface area (Å²) in [5.41, 5.74) is 0.403. The monoisotopic (exact) mass is 407 g/mol. The van der Waals surface area contributed by atoms with Crippen molar-refractivity contribution in [2.24, 2.45) is 4.99 Å². The Kier molecular flexibility index (Phi) is 7.84. The van der Waals surface area contributed by atoms with Gasteiger partial charge in [0.2, 0.25) is 0 Å². The predicted octanol–water partition coefficient (Wildman–Crippen LogP) is 2.97. The second kappa shape index (κ2) is 10.3. The Morgan fingerprint density at radius 3 is 2.48 bits per heavy atom. The molecule has 162 valence electrons. The smallest absolute Gasteiger partial charge is 0.191 e. The van der Waals surface area contributed by atoms with Crippen molar-refractivity contribution in [3.8, 4) is 0 Å². The minimum atomic E-state index is -0.440. The molecule has 0 spiro atoms. The van der Waals surface area contributed by atoms with Crippen molar-refractivity contribution in [2.75, 3.05) is 46.3 Å². The number of nitrogens with zero attached hydrogens (tertiary/aromatic N) is 3. The van der Waals surface area contributed by atoms with E-state index in [-0.39, 0.29) is 17.6 Å². The molecule has 1 aromatic carbocycles. The maximum absolute atomic E-state index is 13.9. The number of hydrogen-bond acceptors (Lipinski definition) is 3. The van der Waals surface area contributed by atoms with E-state index in [1.165, 1.54) is 25.3 Å². The quantitative estimate of drug-likeness (QED) is 0.562. The number of nitrogens with one attached hydrogen (secondary N) is 2. The van der Waals surface area contributed by atoms with Crippen molar-refractivity contribution >= 4 is 5.96 Å². The summed E-state index contributed by atoms with van der Waals surface area (Å²) in [5.74, 6) is -0.206. The molecule has 0 aromatic heterocycles. The molecule has 0 saturated carbocycles. The third-order valence-electron chi connectivity index (χ3n) is 6.29. The zero-order valence-electron chi connectivity index (χ0n) is 17.8. The fraction of sp³-hybridized carbons (Fsp3) is 0.682. The van der Waals surface area contributed by atoms with E-state index in [0.29, 0.717) is 5.96 Å². The van der Waals surface area contributed by atoms with Gasteiger partial charge >= 0.3 is 0 Å². The zero-order chi connectivity index (χ0) is 20.7. The summed E-state index contributed by atoms with van der Waals surface area (Å²) >= 11 is 0. The Hall–Kier alpha value is -1.73. The van der Waals surface area contributed by atoms with Gasteiger partial charge in [0, 0.05) is 24.2 Å². The number of halogens is 2. The first kappa shape index (κ1) is 22.0. The van der Waals surface area contributed by atoms with Crippen LogP contribution < -0.4 is 10.6 Å². The third kappa shape index (κ3) is 5.89. The molecule has 29 heavy (non-hydrogen) atoms. The van der Waals surface area contributed by atoms with E-state index < -0.39 is 11.6 Å². The van der Waals surface area contributed by atoms with Crippen LogP contribution in [0.5, 0.6) is 0 Å². The molecule has 2 aliphatic heterocycles. The molecule has 0 unspecified atom stereocenters. The first-order valence-electron chi connectivity index (χ1n) is 10.9. The van der Waals surface area contributed by atoms with Crippen LogP contribution in [0.25, 0.3) is 0 Å². The summed E-state index contributed by atoms with van der Waals surface area (Å²) in [4.78, 5) is 9.59. The molecule has 0 amide bonds. The van der Waals surface area contributed by atoms with Crippen molar-refractivity contribution in [3.63, 3.8) is 0 Å². The van der Waals surface area contributed by atoms with Gasteiger partial charge in [-0.05, 0) is 84.0 Å². The van der Waals surface area contributed by atoms with Gasteiger partial charge in [-0.25, -0.2) is 13.8 Å². The highest BCUT2D eigenvalue weighted by molar-refractivity contribution is 5.79. The molecule has 2 N–H and O–H groups in total. The number of aliphatic imine (C=N–C) groups is 1. The number of likely N-dealkylation sites (tertiary alicyclic amines) is 2. The topological polar surface area (TPSA) is 42.9 Å². The second-order valence-electron chi connectivity index (χ2n) is 8.36. The highest BCUT2D eigenvalue weighted by atomic mass is 19.1. The van der Waals surface area contributed by atoms with E-state index in [0.717, 1.165) is 64.2 Å². The molecule has 3 rings (SSSR count). The highest BCUT2D eigenvalue weighted by Crippen LogP contribution is 2.30. The number of hydrogen-bond donors (Lipinski definition) is 2. The van der Waals surface area contributed by atoms with Crippen molar-refractivity contribution in [2.45, 2.75) is 51.1 Å². The van der Waals surface area contributed by atoms with Crippen LogP contribution >= 0.6 is 0 Å². The molecule has 1 aromatic rings. The van der Waals surface area contributed by atoms with Crippen LogP contribution in [0.4, 0.5) is 8.78 Å². The summed E-state index contributed by atoms with van der Waals surface area (Å²) in [6.45, 7) is 8.17. The van der Waals surface area contributed by atoms with Crippen LogP contribution in [0.2, 0.25) is 0 Å². The fourth-order valence-corrected chi connectivity index (χ4v) is 4.43. The summed E-state index contributed by atoms with van der Waals surface area (Å²) in [6, 6.07) is 3.51. The summed E-state index contributed by atoms with van der Waals surface area (Å²) < 4.78 is 27.4. The maximum atomic E-state index is 13.9. The van der Waals surface area contributed by atoms with Crippen molar-refractivity contribution < 1.29 is 8.78 Å². The molecule has 0 radical (unpaired) electrons. The van der Waals surface area contributed by atoms with Crippen LogP contribution in [0.15, 0.2) is 23.2 Å². The van der Waals surface area contributed by atoms with Gasteiger partial charge in [0.15, 0.2) is 5.96 Å². The van der Waals surface area contributed by atoms with Gasteiger partial charge in [-0.1, -0.05) is 6.42 Å². The molecular weight excluding hydrogens is 372 g/mol. The van der Waals surface area contributed by atoms with Crippen LogP contribution in [0.3, 0.4) is 0 Å². The Morgan fingerprint density at radius 2 is 1.79 bits per heavy atom. The lowest BCUT2D eigenvalue weighted by Gasteiger charge is -2.50. The lowest BCUT2D eigenvalue weighted by Crippen LogP contribution is -2.62. The van der Waals surface area contributed by atoms with Crippen LogP contribution in [-0.4, -0.2) is 67.6 Å². The average Bonchev–Trinajstić information content (AvgIpc) is 2.74. The van der Waals surface area contributed by atoms with E-state index in [1.807, 2.05) is 6.92 Å².